The fourth-order valence-electron chi connectivity index (χ4n) is 3.34. The summed E-state index contributed by atoms with van der Waals surface area (Å²) in [4.78, 5) is 7.65. The number of nitriles is 1. The maximum atomic E-state index is 14.3. The van der Waals surface area contributed by atoms with Crippen molar-refractivity contribution in [1.82, 2.24) is 19.3 Å². The molecule has 0 aliphatic rings. The first kappa shape index (κ1) is 23.4. The van der Waals surface area contributed by atoms with Gasteiger partial charge in [-0.25, -0.2) is 17.8 Å². The average molecular weight is 493 g/mol. The normalized spacial score (nSPS) is 13.2. The highest BCUT2D eigenvalue weighted by Crippen LogP contribution is 2.36. The van der Waals surface area contributed by atoms with Crippen LogP contribution in [0, 0.1) is 24.1 Å². The Morgan fingerprint density at radius 1 is 1.24 bits per heavy atom. The summed E-state index contributed by atoms with van der Waals surface area (Å²) in [5.74, 6) is -0.542. The van der Waals surface area contributed by atoms with Crippen LogP contribution >= 0.6 is 0 Å². The third kappa shape index (κ3) is 4.02. The van der Waals surface area contributed by atoms with Crippen LogP contribution < -0.4 is 4.72 Å². The van der Waals surface area contributed by atoms with E-state index in [0.717, 1.165) is 12.3 Å². The first-order valence-corrected chi connectivity index (χ1v) is 11.1. The third-order valence-electron chi connectivity index (χ3n) is 5.08. The van der Waals surface area contributed by atoms with Crippen molar-refractivity contribution in [2.75, 3.05) is 0 Å². The molecular weight excluding hydrogens is 478 g/mol. The summed E-state index contributed by atoms with van der Waals surface area (Å²) in [6.07, 6.45) is -1.24. The number of oxazole rings is 1. The van der Waals surface area contributed by atoms with E-state index >= 15 is 0 Å². The van der Waals surface area contributed by atoms with E-state index in [0.29, 0.717) is 18.0 Å². The van der Waals surface area contributed by atoms with Crippen molar-refractivity contribution in [1.29, 1.82) is 5.26 Å². The highest BCUT2D eigenvalue weighted by atomic mass is 32.2. The van der Waals surface area contributed by atoms with Crippen LogP contribution in [0.5, 0.6) is 0 Å². The fraction of sp³-hybridized carbons (Fsp3) is 0.190. The molecule has 0 radical (unpaired) electrons. The smallest absolute Gasteiger partial charge is 0.404 e. The first-order valence-electron chi connectivity index (χ1n) is 9.64. The molecule has 0 fully saturated rings. The zero-order valence-corrected chi connectivity index (χ0v) is 18.4. The lowest BCUT2D eigenvalue weighted by molar-refractivity contribution is -0.147. The van der Waals surface area contributed by atoms with Gasteiger partial charge >= 0.3 is 12.2 Å². The van der Waals surface area contributed by atoms with E-state index in [-0.39, 0.29) is 28.4 Å². The first-order chi connectivity index (χ1) is 15.9. The molecule has 0 aliphatic carbocycles. The molecule has 0 bridgehead atoms. The van der Waals surface area contributed by atoms with E-state index in [2.05, 4.69) is 9.97 Å². The number of fused-ring (bicyclic) bond motifs is 1. The lowest BCUT2D eigenvalue weighted by atomic mass is 10.1. The number of aromatic nitrogens is 3. The Hall–Kier alpha value is -3.76. The number of sulfonamides is 1. The summed E-state index contributed by atoms with van der Waals surface area (Å²) in [5.41, 5.74) is 0.955. The standard InChI is InChI=1S/C21H15F4N5O3S/c1-11-7-18-14(8-16(11)22)15(9-26)19(30(18)20-27-5-6-33-20)17-4-3-13(10-28-17)34(31,32)29-12(2)21(23,24)25/h3-8,10,12,29H,1-2H3/t12-/m0/s1. The zero-order chi connectivity index (χ0) is 24.8. The second-order valence-corrected chi connectivity index (χ2v) is 9.08. The molecule has 176 valence electrons. The molecule has 1 N–H and O–H groups in total. The molecule has 4 aromatic rings. The number of alkyl halides is 3. The van der Waals surface area contributed by atoms with Gasteiger partial charge in [-0.2, -0.15) is 23.2 Å². The Kier molecular flexibility index (Phi) is 5.66. The molecule has 0 aliphatic heterocycles. The third-order valence-corrected chi connectivity index (χ3v) is 6.61. The van der Waals surface area contributed by atoms with Gasteiger partial charge in [0, 0.05) is 11.6 Å². The number of halogens is 4. The number of aryl methyl sites for hydroxylation is 1. The Morgan fingerprint density at radius 3 is 2.53 bits per heavy atom. The summed E-state index contributed by atoms with van der Waals surface area (Å²) in [5, 5.41) is 10.1. The topological polar surface area (TPSA) is 114 Å². The minimum atomic E-state index is -4.77. The van der Waals surface area contributed by atoms with Crippen molar-refractivity contribution < 1.29 is 30.4 Å². The predicted octanol–water partition coefficient (Wildman–Crippen LogP) is 4.23. The number of benzene rings is 1. The zero-order valence-electron chi connectivity index (χ0n) is 17.6. The van der Waals surface area contributed by atoms with E-state index in [1.54, 1.807) is 11.6 Å². The molecule has 0 amide bonds. The van der Waals surface area contributed by atoms with Crippen molar-refractivity contribution in [2.24, 2.45) is 0 Å². The molecule has 0 spiro atoms. The molecule has 34 heavy (non-hydrogen) atoms. The molecule has 8 nitrogen and oxygen atoms in total. The molecule has 3 heterocycles. The van der Waals surface area contributed by atoms with Gasteiger partial charge in [-0.3, -0.25) is 9.55 Å². The van der Waals surface area contributed by atoms with Gasteiger partial charge < -0.3 is 4.42 Å². The van der Waals surface area contributed by atoms with Crippen molar-refractivity contribution in [3.8, 4) is 23.5 Å². The molecule has 3 aromatic heterocycles. The monoisotopic (exact) mass is 493 g/mol. The molecule has 13 heteroatoms. The molecule has 0 unspecified atom stereocenters. The lowest BCUT2D eigenvalue weighted by Crippen LogP contribution is -2.42. The quantitative estimate of drug-likeness (QED) is 0.416. The van der Waals surface area contributed by atoms with Gasteiger partial charge in [-0.05, 0) is 43.7 Å². The highest BCUT2D eigenvalue weighted by molar-refractivity contribution is 7.89. The fourth-order valence-corrected chi connectivity index (χ4v) is 4.51. The molecule has 1 aromatic carbocycles. The minimum absolute atomic E-state index is 0.0269. The second kappa shape index (κ2) is 8.23. The lowest BCUT2D eigenvalue weighted by Gasteiger charge is -2.17. The molecule has 4 rings (SSSR count). The highest BCUT2D eigenvalue weighted by Gasteiger charge is 2.39. The van der Waals surface area contributed by atoms with Gasteiger partial charge in [0.2, 0.25) is 10.0 Å². The van der Waals surface area contributed by atoms with Crippen LogP contribution in [0.1, 0.15) is 18.1 Å². The molecular formula is C21H15F4N5O3S. The maximum absolute atomic E-state index is 14.3. The number of hydrogen-bond donors (Lipinski definition) is 1. The van der Waals surface area contributed by atoms with Crippen molar-refractivity contribution in [2.45, 2.75) is 31.0 Å². The number of nitrogens with one attached hydrogen (secondary N) is 1. The van der Waals surface area contributed by atoms with E-state index in [4.69, 9.17) is 4.42 Å². The van der Waals surface area contributed by atoms with Crippen LogP contribution in [0.15, 0.2) is 52.2 Å². The molecule has 1 atom stereocenters. The number of hydrogen-bond acceptors (Lipinski definition) is 6. The largest absolute Gasteiger partial charge is 0.432 e. The number of pyridine rings is 1. The van der Waals surface area contributed by atoms with Crippen molar-refractivity contribution in [3.63, 3.8) is 0 Å². The van der Waals surface area contributed by atoms with Crippen molar-refractivity contribution >= 4 is 20.9 Å². The predicted molar refractivity (Wildman–Crippen MR) is 112 cm³/mol. The van der Waals surface area contributed by atoms with Crippen LogP contribution in [-0.4, -0.2) is 35.2 Å². The average Bonchev–Trinajstić information content (AvgIpc) is 3.39. The second-order valence-electron chi connectivity index (χ2n) is 7.37. The van der Waals surface area contributed by atoms with Gasteiger partial charge in [-0.1, -0.05) is 0 Å². The molecule has 0 saturated carbocycles. The summed E-state index contributed by atoms with van der Waals surface area (Å²) < 4.78 is 85.7. The van der Waals surface area contributed by atoms with Crippen LogP contribution in [0.4, 0.5) is 17.6 Å². The van der Waals surface area contributed by atoms with Crippen LogP contribution in [0.25, 0.3) is 28.3 Å². The Morgan fingerprint density at radius 2 is 1.97 bits per heavy atom. The maximum Gasteiger partial charge on any atom is 0.404 e. The number of rotatable bonds is 5. The van der Waals surface area contributed by atoms with Crippen molar-refractivity contribution in [3.05, 3.63) is 59.9 Å². The van der Waals surface area contributed by atoms with Gasteiger partial charge in [0.1, 0.15) is 29.1 Å². The SMILES string of the molecule is Cc1cc2c(cc1F)c(C#N)c(-c1ccc(S(=O)(=O)N[C@@H](C)C(F)(F)F)cn1)n2-c1ncco1. The van der Waals surface area contributed by atoms with Gasteiger partial charge in [0.15, 0.2) is 0 Å². The summed E-state index contributed by atoms with van der Waals surface area (Å²) in [6.45, 7) is 2.22. The number of nitrogens with zero attached hydrogens (tertiary/aromatic N) is 4. The minimum Gasteiger partial charge on any atom is -0.432 e. The van der Waals surface area contributed by atoms with E-state index in [9.17, 15) is 31.2 Å². The van der Waals surface area contributed by atoms with E-state index in [1.165, 1.54) is 35.2 Å². The summed E-state index contributed by atoms with van der Waals surface area (Å²) in [6, 6.07) is 4.71. The summed E-state index contributed by atoms with van der Waals surface area (Å²) >= 11 is 0. The van der Waals surface area contributed by atoms with Crippen LogP contribution in [0.2, 0.25) is 0 Å². The van der Waals surface area contributed by atoms with E-state index < -0.39 is 33.0 Å². The van der Waals surface area contributed by atoms with Crippen LogP contribution in [-0.2, 0) is 10.0 Å². The Bertz CT molecular complexity index is 1520. The molecule has 0 saturated heterocycles. The van der Waals surface area contributed by atoms with Gasteiger partial charge in [-0.15, -0.1) is 0 Å². The Labute approximate surface area is 190 Å². The van der Waals surface area contributed by atoms with Crippen LogP contribution in [0.3, 0.4) is 0 Å². The van der Waals surface area contributed by atoms with Gasteiger partial charge in [0.05, 0.1) is 28.7 Å². The van der Waals surface area contributed by atoms with E-state index in [1.807, 2.05) is 6.07 Å². The van der Waals surface area contributed by atoms with Gasteiger partial charge in [0.25, 0.3) is 0 Å². The summed E-state index contributed by atoms with van der Waals surface area (Å²) in [7, 11) is -4.53. The Balaban J connectivity index is 1.88.